The van der Waals surface area contributed by atoms with Crippen LogP contribution in [0.1, 0.15) is 22.4 Å². The monoisotopic (exact) mass is 335 g/mol. The Balaban J connectivity index is 1.82. The molecular formula is C21H25N3O. The lowest BCUT2D eigenvalue weighted by atomic mass is 10.1. The number of aromatic amines is 1. The number of hydrogen-bond acceptors (Lipinski definition) is 2. The van der Waals surface area contributed by atoms with Crippen LogP contribution in [0.5, 0.6) is 0 Å². The van der Waals surface area contributed by atoms with E-state index in [9.17, 15) is 4.79 Å². The number of H-pyrrole nitrogens is 1. The van der Waals surface area contributed by atoms with Gasteiger partial charge in [-0.15, -0.1) is 0 Å². The third kappa shape index (κ3) is 3.91. The van der Waals surface area contributed by atoms with Gasteiger partial charge in [-0.1, -0.05) is 35.9 Å². The molecule has 3 rings (SSSR count). The first-order valence-corrected chi connectivity index (χ1v) is 8.54. The summed E-state index contributed by atoms with van der Waals surface area (Å²) < 4.78 is 0. The van der Waals surface area contributed by atoms with Crippen molar-refractivity contribution in [1.82, 2.24) is 9.88 Å². The molecule has 3 aromatic rings. The Morgan fingerprint density at radius 3 is 2.64 bits per heavy atom. The normalized spacial score (nSPS) is 11.2. The predicted molar refractivity (Wildman–Crippen MR) is 104 cm³/mol. The zero-order chi connectivity index (χ0) is 18.0. The Hall–Kier alpha value is -2.59. The standard InChI is InChI=1S/C21H25N3O/c1-14-9-10-19(16(11-14)13-24(3)4)23-21(25)12-18-15(2)22-20-8-6-5-7-17(18)20/h5-11,22H,12-13H2,1-4H3,(H,23,25). The lowest BCUT2D eigenvalue weighted by Crippen LogP contribution is -2.18. The summed E-state index contributed by atoms with van der Waals surface area (Å²) in [6.07, 6.45) is 0.366. The molecule has 4 heteroatoms. The Bertz CT molecular complexity index is 909. The first kappa shape index (κ1) is 17.2. The number of para-hydroxylation sites is 1. The Morgan fingerprint density at radius 2 is 1.88 bits per heavy atom. The number of carbonyl (C=O) groups excluding carboxylic acids is 1. The summed E-state index contributed by atoms with van der Waals surface area (Å²) in [5, 5.41) is 4.21. The number of nitrogens with one attached hydrogen (secondary N) is 2. The maximum absolute atomic E-state index is 12.7. The maximum Gasteiger partial charge on any atom is 0.228 e. The van der Waals surface area contributed by atoms with Crippen LogP contribution < -0.4 is 5.32 Å². The highest BCUT2D eigenvalue weighted by molar-refractivity contribution is 5.96. The summed E-state index contributed by atoms with van der Waals surface area (Å²) in [6.45, 7) is 4.88. The number of rotatable bonds is 5. The van der Waals surface area contributed by atoms with E-state index in [4.69, 9.17) is 0 Å². The molecule has 0 aliphatic heterocycles. The molecule has 130 valence electrons. The first-order valence-electron chi connectivity index (χ1n) is 8.54. The van der Waals surface area contributed by atoms with Crippen LogP contribution in [0.25, 0.3) is 10.9 Å². The zero-order valence-electron chi connectivity index (χ0n) is 15.3. The number of hydrogen-bond donors (Lipinski definition) is 2. The minimum Gasteiger partial charge on any atom is -0.358 e. The van der Waals surface area contributed by atoms with Gasteiger partial charge in [-0.3, -0.25) is 4.79 Å². The first-order chi connectivity index (χ1) is 11.9. The number of benzene rings is 2. The molecule has 0 aliphatic carbocycles. The summed E-state index contributed by atoms with van der Waals surface area (Å²) in [7, 11) is 4.06. The van der Waals surface area contributed by atoms with E-state index < -0.39 is 0 Å². The average Bonchev–Trinajstić information content (AvgIpc) is 2.85. The van der Waals surface area contributed by atoms with Gasteiger partial charge in [0.15, 0.2) is 0 Å². The molecule has 4 nitrogen and oxygen atoms in total. The van der Waals surface area contributed by atoms with Crippen molar-refractivity contribution >= 4 is 22.5 Å². The van der Waals surface area contributed by atoms with Gasteiger partial charge >= 0.3 is 0 Å². The van der Waals surface area contributed by atoms with Gasteiger partial charge in [-0.2, -0.15) is 0 Å². The van der Waals surface area contributed by atoms with Crippen LogP contribution in [0.3, 0.4) is 0 Å². The van der Waals surface area contributed by atoms with Gasteiger partial charge < -0.3 is 15.2 Å². The van der Waals surface area contributed by atoms with Crippen LogP contribution in [-0.4, -0.2) is 29.9 Å². The van der Waals surface area contributed by atoms with Crippen molar-refractivity contribution in [2.24, 2.45) is 0 Å². The van der Waals surface area contributed by atoms with Crippen LogP contribution in [-0.2, 0) is 17.8 Å². The second-order valence-corrected chi connectivity index (χ2v) is 6.90. The van der Waals surface area contributed by atoms with E-state index in [1.807, 2.05) is 51.4 Å². The van der Waals surface area contributed by atoms with Crippen molar-refractivity contribution in [2.75, 3.05) is 19.4 Å². The van der Waals surface area contributed by atoms with E-state index >= 15 is 0 Å². The fraction of sp³-hybridized carbons (Fsp3) is 0.286. The molecule has 1 aromatic heterocycles. The smallest absolute Gasteiger partial charge is 0.228 e. The van der Waals surface area contributed by atoms with Gasteiger partial charge in [0, 0.05) is 28.8 Å². The maximum atomic E-state index is 12.7. The van der Waals surface area contributed by atoms with Crippen LogP contribution in [0.15, 0.2) is 42.5 Å². The number of amides is 1. The van der Waals surface area contributed by atoms with E-state index in [0.29, 0.717) is 6.42 Å². The molecule has 0 spiro atoms. The molecule has 1 amide bonds. The molecule has 0 bridgehead atoms. The highest BCUT2D eigenvalue weighted by atomic mass is 16.1. The molecule has 25 heavy (non-hydrogen) atoms. The molecule has 1 heterocycles. The van der Waals surface area contributed by atoms with Crippen LogP contribution in [0.2, 0.25) is 0 Å². The van der Waals surface area contributed by atoms with Crippen LogP contribution >= 0.6 is 0 Å². The van der Waals surface area contributed by atoms with Crippen molar-refractivity contribution in [3.8, 4) is 0 Å². The van der Waals surface area contributed by atoms with Gasteiger partial charge in [-0.05, 0) is 51.2 Å². The summed E-state index contributed by atoms with van der Waals surface area (Å²) in [5.74, 6) is 0.0108. The summed E-state index contributed by atoms with van der Waals surface area (Å²) >= 11 is 0. The van der Waals surface area contributed by atoms with Crippen LogP contribution in [0.4, 0.5) is 5.69 Å². The van der Waals surface area contributed by atoms with E-state index in [0.717, 1.165) is 40.0 Å². The van der Waals surface area contributed by atoms with Crippen LogP contribution in [0, 0.1) is 13.8 Å². The highest BCUT2D eigenvalue weighted by Crippen LogP contribution is 2.24. The largest absolute Gasteiger partial charge is 0.358 e. The topological polar surface area (TPSA) is 48.1 Å². The minimum atomic E-state index is 0.0108. The van der Waals surface area contributed by atoms with Crippen molar-refractivity contribution in [2.45, 2.75) is 26.8 Å². The van der Waals surface area contributed by atoms with E-state index in [2.05, 4.69) is 34.3 Å². The minimum absolute atomic E-state index is 0.0108. The second-order valence-electron chi connectivity index (χ2n) is 6.90. The Kier molecular flexibility index (Phi) is 4.91. The molecule has 0 saturated carbocycles. The van der Waals surface area contributed by atoms with E-state index in [-0.39, 0.29) is 5.91 Å². The number of fused-ring (bicyclic) bond motifs is 1. The van der Waals surface area contributed by atoms with E-state index in [1.54, 1.807) is 0 Å². The number of aryl methyl sites for hydroxylation is 2. The number of aromatic nitrogens is 1. The number of anilines is 1. The number of nitrogens with zero attached hydrogens (tertiary/aromatic N) is 1. The molecule has 0 fully saturated rings. The molecule has 2 N–H and O–H groups in total. The van der Waals surface area contributed by atoms with Gasteiger partial charge in [0.1, 0.15) is 0 Å². The molecule has 0 unspecified atom stereocenters. The molecule has 0 radical (unpaired) electrons. The summed E-state index contributed by atoms with van der Waals surface area (Å²) in [6, 6.07) is 14.3. The molecule has 0 atom stereocenters. The molecule has 0 aliphatic rings. The molecular weight excluding hydrogens is 310 g/mol. The summed E-state index contributed by atoms with van der Waals surface area (Å²) in [5.41, 5.74) is 6.41. The van der Waals surface area contributed by atoms with Gasteiger partial charge in [0.25, 0.3) is 0 Å². The SMILES string of the molecule is Cc1ccc(NC(=O)Cc2c(C)[nH]c3ccccc23)c(CN(C)C)c1. The van der Waals surface area contributed by atoms with Gasteiger partial charge in [-0.25, -0.2) is 0 Å². The van der Waals surface area contributed by atoms with Crippen molar-refractivity contribution in [1.29, 1.82) is 0 Å². The second kappa shape index (κ2) is 7.11. The average molecular weight is 335 g/mol. The lowest BCUT2D eigenvalue weighted by Gasteiger charge is -2.16. The molecule has 2 aromatic carbocycles. The third-order valence-corrected chi connectivity index (χ3v) is 4.39. The quantitative estimate of drug-likeness (QED) is 0.739. The fourth-order valence-electron chi connectivity index (χ4n) is 3.23. The lowest BCUT2D eigenvalue weighted by molar-refractivity contribution is -0.115. The predicted octanol–water partition coefficient (Wildman–Crippen LogP) is 4.03. The van der Waals surface area contributed by atoms with E-state index in [1.165, 1.54) is 5.56 Å². The summed E-state index contributed by atoms with van der Waals surface area (Å²) in [4.78, 5) is 18.1. The molecule has 0 saturated heterocycles. The fourth-order valence-corrected chi connectivity index (χ4v) is 3.23. The Morgan fingerprint density at radius 1 is 1.12 bits per heavy atom. The van der Waals surface area contributed by atoms with Gasteiger partial charge in [0.2, 0.25) is 5.91 Å². The van der Waals surface area contributed by atoms with Crippen molar-refractivity contribution in [3.05, 3.63) is 64.8 Å². The van der Waals surface area contributed by atoms with Gasteiger partial charge in [0.05, 0.1) is 6.42 Å². The zero-order valence-corrected chi connectivity index (χ0v) is 15.3. The van der Waals surface area contributed by atoms with Crippen molar-refractivity contribution < 1.29 is 4.79 Å². The third-order valence-electron chi connectivity index (χ3n) is 4.39. The number of carbonyl (C=O) groups is 1. The van der Waals surface area contributed by atoms with Crippen molar-refractivity contribution in [3.63, 3.8) is 0 Å². The highest BCUT2D eigenvalue weighted by Gasteiger charge is 2.14. The Labute approximate surface area is 148 Å².